The summed E-state index contributed by atoms with van der Waals surface area (Å²) >= 11 is 3.48. The zero-order chi connectivity index (χ0) is 11.1. The highest BCUT2D eigenvalue weighted by Crippen LogP contribution is 2.43. The van der Waals surface area contributed by atoms with Gasteiger partial charge in [0, 0.05) is 21.5 Å². The van der Waals surface area contributed by atoms with E-state index in [4.69, 9.17) is 5.73 Å². The number of thiazole rings is 1. The number of anilines is 1. The maximum absolute atomic E-state index is 6.15. The SMILES string of the molecule is Cc1csc(-c2c(N)sc3c2CCCC3)n1. The van der Waals surface area contributed by atoms with Gasteiger partial charge in [-0.2, -0.15) is 0 Å². The molecular formula is C12H14N2S2. The minimum Gasteiger partial charge on any atom is -0.390 e. The predicted octanol–water partition coefficient (Wildman–Crippen LogP) is 3.64. The van der Waals surface area contributed by atoms with Gasteiger partial charge in [0.25, 0.3) is 0 Å². The molecule has 2 aromatic heterocycles. The average Bonchev–Trinajstić information content (AvgIpc) is 2.80. The first kappa shape index (κ1) is 10.3. The van der Waals surface area contributed by atoms with Crippen molar-refractivity contribution in [2.75, 3.05) is 5.73 Å². The second-order valence-corrected chi connectivity index (χ2v) is 6.24. The van der Waals surface area contributed by atoms with E-state index in [0.29, 0.717) is 0 Å². The zero-order valence-electron chi connectivity index (χ0n) is 9.25. The Morgan fingerprint density at radius 1 is 1.31 bits per heavy atom. The van der Waals surface area contributed by atoms with Crippen LogP contribution in [0.25, 0.3) is 10.6 Å². The van der Waals surface area contributed by atoms with Crippen LogP contribution < -0.4 is 5.73 Å². The van der Waals surface area contributed by atoms with E-state index in [2.05, 4.69) is 10.4 Å². The van der Waals surface area contributed by atoms with Gasteiger partial charge in [-0.3, -0.25) is 0 Å². The average molecular weight is 250 g/mol. The molecule has 0 aliphatic heterocycles. The molecule has 0 fully saturated rings. The number of nitrogen functional groups attached to an aromatic ring is 1. The standard InChI is InChI=1S/C12H14N2S2/c1-7-6-15-12(14-7)10-8-4-2-3-5-9(8)16-11(10)13/h6H,2-5,13H2,1H3. The van der Waals surface area contributed by atoms with Crippen LogP contribution in [0.3, 0.4) is 0 Å². The lowest BCUT2D eigenvalue weighted by Gasteiger charge is -2.11. The largest absolute Gasteiger partial charge is 0.390 e. The van der Waals surface area contributed by atoms with Crippen LogP contribution in [0.1, 0.15) is 29.0 Å². The minimum absolute atomic E-state index is 0.959. The molecule has 2 aromatic rings. The molecule has 0 amide bonds. The number of nitrogens with two attached hydrogens (primary N) is 1. The summed E-state index contributed by atoms with van der Waals surface area (Å²) in [5, 5.41) is 4.16. The van der Waals surface area contributed by atoms with Gasteiger partial charge in [0.1, 0.15) is 5.01 Å². The van der Waals surface area contributed by atoms with Crippen LogP contribution >= 0.6 is 22.7 Å². The number of rotatable bonds is 1. The van der Waals surface area contributed by atoms with Gasteiger partial charge < -0.3 is 5.73 Å². The van der Waals surface area contributed by atoms with Gasteiger partial charge >= 0.3 is 0 Å². The second kappa shape index (κ2) is 3.86. The third-order valence-electron chi connectivity index (χ3n) is 3.03. The Morgan fingerprint density at radius 3 is 2.88 bits per heavy atom. The lowest BCUT2D eigenvalue weighted by Crippen LogP contribution is -1.99. The van der Waals surface area contributed by atoms with Crippen LogP contribution in [0, 0.1) is 6.92 Å². The van der Waals surface area contributed by atoms with Gasteiger partial charge in [-0.1, -0.05) is 0 Å². The Hall–Kier alpha value is -0.870. The van der Waals surface area contributed by atoms with E-state index in [0.717, 1.165) is 15.7 Å². The fourth-order valence-corrected chi connectivity index (χ4v) is 4.40. The first-order chi connectivity index (χ1) is 7.75. The summed E-state index contributed by atoms with van der Waals surface area (Å²) in [6.07, 6.45) is 4.98. The molecule has 16 heavy (non-hydrogen) atoms. The Bertz CT molecular complexity index is 525. The monoisotopic (exact) mass is 250 g/mol. The summed E-state index contributed by atoms with van der Waals surface area (Å²) in [6, 6.07) is 0. The van der Waals surface area contributed by atoms with E-state index in [1.54, 1.807) is 22.7 Å². The highest BCUT2D eigenvalue weighted by atomic mass is 32.1. The van der Waals surface area contributed by atoms with E-state index in [1.165, 1.54) is 41.7 Å². The normalized spacial score (nSPS) is 15.1. The molecule has 4 heteroatoms. The number of hydrogen-bond donors (Lipinski definition) is 1. The van der Waals surface area contributed by atoms with E-state index < -0.39 is 0 Å². The summed E-state index contributed by atoms with van der Waals surface area (Å²) in [4.78, 5) is 6.06. The Morgan fingerprint density at radius 2 is 2.12 bits per heavy atom. The second-order valence-electron chi connectivity index (χ2n) is 4.24. The minimum atomic E-state index is 0.959. The Kier molecular flexibility index (Phi) is 2.48. The van der Waals surface area contributed by atoms with Crippen molar-refractivity contribution in [3.63, 3.8) is 0 Å². The quantitative estimate of drug-likeness (QED) is 0.839. The van der Waals surface area contributed by atoms with Gasteiger partial charge in [-0.05, 0) is 38.2 Å². The molecule has 0 aromatic carbocycles. The highest BCUT2D eigenvalue weighted by molar-refractivity contribution is 7.18. The van der Waals surface area contributed by atoms with Crippen molar-refractivity contribution >= 4 is 27.7 Å². The van der Waals surface area contributed by atoms with Crippen molar-refractivity contribution in [2.45, 2.75) is 32.6 Å². The molecule has 0 bridgehead atoms. The maximum Gasteiger partial charge on any atom is 0.126 e. The topological polar surface area (TPSA) is 38.9 Å². The van der Waals surface area contributed by atoms with E-state index in [1.807, 2.05) is 6.92 Å². The zero-order valence-corrected chi connectivity index (χ0v) is 10.9. The third kappa shape index (κ3) is 1.57. The lowest BCUT2D eigenvalue weighted by molar-refractivity contribution is 0.698. The molecule has 0 saturated heterocycles. The Balaban J connectivity index is 2.16. The highest BCUT2D eigenvalue weighted by Gasteiger charge is 2.21. The van der Waals surface area contributed by atoms with E-state index in [9.17, 15) is 0 Å². The van der Waals surface area contributed by atoms with E-state index in [-0.39, 0.29) is 0 Å². The summed E-state index contributed by atoms with van der Waals surface area (Å²) in [6.45, 7) is 2.04. The lowest BCUT2D eigenvalue weighted by atomic mass is 9.96. The van der Waals surface area contributed by atoms with Crippen LogP contribution in [0.15, 0.2) is 5.38 Å². The van der Waals surface area contributed by atoms with Crippen molar-refractivity contribution in [3.05, 3.63) is 21.5 Å². The van der Waals surface area contributed by atoms with Crippen LogP contribution in [0.4, 0.5) is 5.00 Å². The van der Waals surface area contributed by atoms with Crippen molar-refractivity contribution in [3.8, 4) is 10.6 Å². The molecule has 0 saturated carbocycles. The molecule has 0 unspecified atom stereocenters. The third-order valence-corrected chi connectivity index (χ3v) is 5.13. The van der Waals surface area contributed by atoms with Gasteiger partial charge in [0.2, 0.25) is 0 Å². The summed E-state index contributed by atoms with van der Waals surface area (Å²) in [5.41, 5.74) is 9.95. The molecule has 1 aliphatic rings. The molecule has 84 valence electrons. The number of fused-ring (bicyclic) bond motifs is 1. The molecular weight excluding hydrogens is 236 g/mol. The van der Waals surface area contributed by atoms with Crippen LogP contribution in [-0.2, 0) is 12.8 Å². The van der Waals surface area contributed by atoms with Crippen molar-refractivity contribution < 1.29 is 0 Å². The van der Waals surface area contributed by atoms with Gasteiger partial charge in [0.05, 0.1) is 5.00 Å². The van der Waals surface area contributed by atoms with Crippen LogP contribution in [0.2, 0.25) is 0 Å². The molecule has 0 spiro atoms. The first-order valence-electron chi connectivity index (χ1n) is 5.58. The number of thiophene rings is 1. The molecule has 0 radical (unpaired) electrons. The molecule has 1 aliphatic carbocycles. The Labute approximate surface area is 103 Å². The molecule has 2 nitrogen and oxygen atoms in total. The summed E-state index contributed by atoms with van der Waals surface area (Å²) in [5.74, 6) is 0. The molecule has 2 heterocycles. The van der Waals surface area contributed by atoms with Gasteiger partial charge in [-0.15, -0.1) is 22.7 Å². The fraction of sp³-hybridized carbons (Fsp3) is 0.417. The molecule has 0 atom stereocenters. The molecule has 2 N–H and O–H groups in total. The van der Waals surface area contributed by atoms with Gasteiger partial charge in [0.15, 0.2) is 0 Å². The number of hydrogen-bond acceptors (Lipinski definition) is 4. The van der Waals surface area contributed by atoms with Gasteiger partial charge in [-0.25, -0.2) is 4.98 Å². The van der Waals surface area contributed by atoms with E-state index >= 15 is 0 Å². The van der Waals surface area contributed by atoms with Crippen molar-refractivity contribution in [1.82, 2.24) is 4.98 Å². The number of aromatic nitrogens is 1. The molecule has 3 rings (SSSR count). The maximum atomic E-state index is 6.15. The van der Waals surface area contributed by atoms with Crippen molar-refractivity contribution in [2.24, 2.45) is 0 Å². The smallest absolute Gasteiger partial charge is 0.126 e. The fourth-order valence-electron chi connectivity index (χ4n) is 2.29. The van der Waals surface area contributed by atoms with Crippen molar-refractivity contribution in [1.29, 1.82) is 0 Å². The first-order valence-corrected chi connectivity index (χ1v) is 7.28. The predicted molar refractivity (Wildman–Crippen MR) is 71.2 cm³/mol. The van der Waals surface area contributed by atoms with Crippen LogP contribution in [0.5, 0.6) is 0 Å². The summed E-state index contributed by atoms with van der Waals surface area (Å²) in [7, 11) is 0. The summed E-state index contributed by atoms with van der Waals surface area (Å²) < 4.78 is 0. The van der Waals surface area contributed by atoms with Crippen LogP contribution in [-0.4, -0.2) is 4.98 Å². The number of aryl methyl sites for hydroxylation is 2. The number of nitrogens with zero attached hydrogens (tertiary/aromatic N) is 1.